The fraction of sp³-hybridized carbons (Fsp3) is 0.538. The first kappa shape index (κ1) is 10.7. The molecule has 0 aliphatic carbocycles. The van der Waals surface area contributed by atoms with Crippen molar-refractivity contribution in [3.8, 4) is 0 Å². The second kappa shape index (κ2) is 5.29. The third kappa shape index (κ3) is 3.33. The number of nitrogens with zero attached hydrogens (tertiary/aromatic N) is 1. The van der Waals surface area contributed by atoms with Gasteiger partial charge in [-0.1, -0.05) is 30.3 Å². The molecule has 0 bridgehead atoms. The van der Waals surface area contributed by atoms with Crippen molar-refractivity contribution in [2.45, 2.75) is 25.9 Å². The third-order valence-corrected chi connectivity index (χ3v) is 2.92. The Labute approximate surface area is 92.3 Å². The fourth-order valence-corrected chi connectivity index (χ4v) is 2.18. The molecule has 1 aliphatic heterocycles. The molecule has 2 nitrogen and oxygen atoms in total. The summed E-state index contributed by atoms with van der Waals surface area (Å²) in [6, 6.07) is 11.4. The number of nitrogens with one attached hydrogen (secondary N) is 1. The molecule has 0 aromatic heterocycles. The summed E-state index contributed by atoms with van der Waals surface area (Å²) in [5.74, 6) is 0. The number of rotatable bonds is 2. The lowest BCUT2D eigenvalue weighted by Crippen LogP contribution is -2.34. The van der Waals surface area contributed by atoms with Crippen molar-refractivity contribution >= 4 is 0 Å². The lowest BCUT2D eigenvalue weighted by Gasteiger charge is -2.22. The van der Waals surface area contributed by atoms with E-state index in [1.807, 2.05) is 0 Å². The molecule has 1 aromatic carbocycles. The van der Waals surface area contributed by atoms with E-state index in [1.165, 1.54) is 18.5 Å². The monoisotopic (exact) mass is 204 g/mol. The molecule has 1 fully saturated rings. The van der Waals surface area contributed by atoms with Crippen LogP contribution in [0.15, 0.2) is 30.3 Å². The molecule has 0 saturated carbocycles. The Kier molecular flexibility index (Phi) is 3.75. The molecule has 1 atom stereocenters. The van der Waals surface area contributed by atoms with Crippen LogP contribution in [0.1, 0.15) is 18.9 Å². The molecule has 2 heteroatoms. The molecule has 1 unspecified atom stereocenters. The maximum atomic E-state index is 3.52. The van der Waals surface area contributed by atoms with Crippen LogP contribution in [0.5, 0.6) is 0 Å². The van der Waals surface area contributed by atoms with Gasteiger partial charge in [-0.15, -0.1) is 0 Å². The third-order valence-electron chi connectivity index (χ3n) is 2.92. The Morgan fingerprint density at radius 2 is 2.13 bits per heavy atom. The quantitative estimate of drug-likeness (QED) is 0.791. The zero-order valence-electron chi connectivity index (χ0n) is 9.45. The second-order valence-corrected chi connectivity index (χ2v) is 4.43. The van der Waals surface area contributed by atoms with Gasteiger partial charge in [0.25, 0.3) is 0 Å². The van der Waals surface area contributed by atoms with Crippen LogP contribution in [-0.2, 0) is 6.54 Å². The molecular weight excluding hydrogens is 184 g/mol. The highest BCUT2D eigenvalue weighted by Crippen LogP contribution is 2.07. The predicted molar refractivity (Wildman–Crippen MR) is 63.8 cm³/mol. The van der Waals surface area contributed by atoms with Crippen molar-refractivity contribution in [3.05, 3.63) is 35.9 Å². The highest BCUT2D eigenvalue weighted by Gasteiger charge is 2.13. The van der Waals surface area contributed by atoms with Crippen molar-refractivity contribution < 1.29 is 0 Å². The summed E-state index contributed by atoms with van der Waals surface area (Å²) in [6.07, 6.45) is 1.26. The zero-order valence-corrected chi connectivity index (χ0v) is 9.45. The van der Waals surface area contributed by atoms with Gasteiger partial charge >= 0.3 is 0 Å². The molecule has 1 N–H and O–H groups in total. The van der Waals surface area contributed by atoms with Gasteiger partial charge in [0.15, 0.2) is 0 Å². The van der Waals surface area contributed by atoms with Gasteiger partial charge in [-0.05, 0) is 32.0 Å². The van der Waals surface area contributed by atoms with E-state index in [1.54, 1.807) is 0 Å². The van der Waals surface area contributed by atoms with Crippen molar-refractivity contribution in [1.82, 2.24) is 10.2 Å². The Morgan fingerprint density at radius 1 is 1.33 bits per heavy atom. The molecule has 1 aliphatic rings. The van der Waals surface area contributed by atoms with Gasteiger partial charge in [0, 0.05) is 19.1 Å². The van der Waals surface area contributed by atoms with Crippen LogP contribution in [0.4, 0.5) is 0 Å². The minimum Gasteiger partial charge on any atom is -0.313 e. The Bertz CT molecular complexity index is 284. The van der Waals surface area contributed by atoms with Crippen LogP contribution in [0.25, 0.3) is 0 Å². The van der Waals surface area contributed by atoms with Gasteiger partial charge in [0.2, 0.25) is 0 Å². The Morgan fingerprint density at radius 3 is 2.93 bits per heavy atom. The molecule has 15 heavy (non-hydrogen) atoms. The molecule has 2 rings (SSSR count). The first-order valence-corrected chi connectivity index (χ1v) is 5.84. The van der Waals surface area contributed by atoms with Crippen LogP contribution in [0.2, 0.25) is 0 Å². The van der Waals surface area contributed by atoms with E-state index in [0.29, 0.717) is 6.04 Å². The predicted octanol–water partition coefficient (Wildman–Crippen LogP) is 1.87. The summed E-state index contributed by atoms with van der Waals surface area (Å²) < 4.78 is 0. The van der Waals surface area contributed by atoms with Gasteiger partial charge in [-0.2, -0.15) is 0 Å². The van der Waals surface area contributed by atoms with Crippen LogP contribution in [0, 0.1) is 0 Å². The minimum absolute atomic E-state index is 0.621. The molecule has 0 radical (unpaired) electrons. The minimum atomic E-state index is 0.621. The van der Waals surface area contributed by atoms with E-state index < -0.39 is 0 Å². The van der Waals surface area contributed by atoms with Crippen molar-refractivity contribution in [1.29, 1.82) is 0 Å². The highest BCUT2D eigenvalue weighted by molar-refractivity contribution is 5.14. The molecule has 1 saturated heterocycles. The fourth-order valence-electron chi connectivity index (χ4n) is 2.18. The maximum Gasteiger partial charge on any atom is 0.0234 e. The molecule has 1 aromatic rings. The van der Waals surface area contributed by atoms with Crippen LogP contribution in [-0.4, -0.2) is 30.6 Å². The topological polar surface area (TPSA) is 15.3 Å². The second-order valence-electron chi connectivity index (χ2n) is 4.43. The molecule has 0 spiro atoms. The van der Waals surface area contributed by atoms with E-state index in [0.717, 1.165) is 19.6 Å². The molecule has 0 amide bonds. The van der Waals surface area contributed by atoms with E-state index in [-0.39, 0.29) is 0 Å². The number of hydrogen-bond donors (Lipinski definition) is 1. The van der Waals surface area contributed by atoms with E-state index >= 15 is 0 Å². The SMILES string of the molecule is CC1CN(Cc2ccccc2)CCCN1. The van der Waals surface area contributed by atoms with Gasteiger partial charge in [-0.25, -0.2) is 0 Å². The summed E-state index contributed by atoms with van der Waals surface area (Å²) in [5.41, 5.74) is 1.42. The summed E-state index contributed by atoms with van der Waals surface area (Å²) in [4.78, 5) is 2.54. The largest absolute Gasteiger partial charge is 0.313 e. The average Bonchev–Trinajstić information content (AvgIpc) is 2.44. The lowest BCUT2D eigenvalue weighted by atomic mass is 10.2. The van der Waals surface area contributed by atoms with Crippen LogP contribution >= 0.6 is 0 Å². The molecule has 1 heterocycles. The first-order valence-electron chi connectivity index (χ1n) is 5.84. The number of hydrogen-bond acceptors (Lipinski definition) is 2. The van der Waals surface area contributed by atoms with Gasteiger partial charge < -0.3 is 5.32 Å². The van der Waals surface area contributed by atoms with Gasteiger partial charge in [-0.3, -0.25) is 4.90 Å². The van der Waals surface area contributed by atoms with Crippen molar-refractivity contribution in [3.63, 3.8) is 0 Å². The van der Waals surface area contributed by atoms with Crippen molar-refractivity contribution in [2.24, 2.45) is 0 Å². The molecule has 82 valence electrons. The highest BCUT2D eigenvalue weighted by atomic mass is 15.2. The van der Waals surface area contributed by atoms with Crippen molar-refractivity contribution in [2.75, 3.05) is 19.6 Å². The van der Waals surface area contributed by atoms with Crippen LogP contribution in [0.3, 0.4) is 0 Å². The van der Waals surface area contributed by atoms with E-state index in [4.69, 9.17) is 0 Å². The van der Waals surface area contributed by atoms with E-state index in [9.17, 15) is 0 Å². The Balaban J connectivity index is 1.93. The Hall–Kier alpha value is -0.860. The van der Waals surface area contributed by atoms with Gasteiger partial charge in [0.05, 0.1) is 0 Å². The van der Waals surface area contributed by atoms with Crippen LogP contribution < -0.4 is 5.32 Å². The van der Waals surface area contributed by atoms with Gasteiger partial charge in [0.1, 0.15) is 0 Å². The summed E-state index contributed by atoms with van der Waals surface area (Å²) in [7, 11) is 0. The summed E-state index contributed by atoms with van der Waals surface area (Å²) in [6.45, 7) is 6.89. The molecular formula is C13H20N2. The summed E-state index contributed by atoms with van der Waals surface area (Å²) >= 11 is 0. The summed E-state index contributed by atoms with van der Waals surface area (Å²) in [5, 5.41) is 3.52. The maximum absolute atomic E-state index is 3.52. The normalized spacial score (nSPS) is 23.7. The number of benzene rings is 1. The smallest absolute Gasteiger partial charge is 0.0234 e. The standard InChI is InChI=1S/C13H20N2/c1-12-10-15(9-5-8-14-12)11-13-6-3-2-4-7-13/h2-4,6-7,12,14H,5,8-11H2,1H3. The lowest BCUT2D eigenvalue weighted by molar-refractivity contribution is 0.265. The first-order chi connectivity index (χ1) is 7.34. The average molecular weight is 204 g/mol. The zero-order chi connectivity index (χ0) is 10.5. The van der Waals surface area contributed by atoms with E-state index in [2.05, 4.69) is 47.5 Å².